The highest BCUT2D eigenvalue weighted by molar-refractivity contribution is 5.68. The van der Waals surface area contributed by atoms with E-state index in [4.69, 9.17) is 10.5 Å². The van der Waals surface area contributed by atoms with Gasteiger partial charge in [0.05, 0.1) is 12.8 Å². The molecule has 0 amide bonds. The van der Waals surface area contributed by atoms with Crippen molar-refractivity contribution in [1.82, 2.24) is 4.98 Å². The maximum Gasteiger partial charge on any atom is 0.573 e. The minimum atomic E-state index is -4.70. The van der Waals surface area contributed by atoms with Gasteiger partial charge in [0.15, 0.2) is 0 Å². The van der Waals surface area contributed by atoms with Crippen LogP contribution in [-0.4, -0.2) is 18.5 Å². The monoisotopic (exact) mass is 284 g/mol. The largest absolute Gasteiger partial charge is 0.573 e. The molecule has 20 heavy (non-hydrogen) atoms. The first kappa shape index (κ1) is 14.0. The molecule has 106 valence electrons. The minimum absolute atomic E-state index is 0.282. The summed E-state index contributed by atoms with van der Waals surface area (Å²) in [5.41, 5.74) is 7.41. The first-order chi connectivity index (χ1) is 9.39. The standard InChI is InChI=1S/C13H11F3N2O2/c1-19-12-11(17)6-9(7-18-12)8-2-4-10(5-3-8)20-13(14,15)16/h2-7H,17H2,1H3. The number of alkyl halides is 3. The van der Waals surface area contributed by atoms with Crippen LogP contribution in [0.3, 0.4) is 0 Å². The van der Waals surface area contributed by atoms with Crippen LogP contribution >= 0.6 is 0 Å². The highest BCUT2D eigenvalue weighted by Crippen LogP contribution is 2.28. The van der Waals surface area contributed by atoms with Crippen LogP contribution < -0.4 is 15.2 Å². The fourth-order valence-corrected chi connectivity index (χ4v) is 1.65. The van der Waals surface area contributed by atoms with Gasteiger partial charge >= 0.3 is 6.36 Å². The highest BCUT2D eigenvalue weighted by atomic mass is 19.4. The average molecular weight is 284 g/mol. The molecular formula is C13H11F3N2O2. The van der Waals surface area contributed by atoms with Crippen molar-refractivity contribution < 1.29 is 22.6 Å². The zero-order valence-electron chi connectivity index (χ0n) is 10.4. The van der Waals surface area contributed by atoms with Crippen molar-refractivity contribution in [2.24, 2.45) is 0 Å². The van der Waals surface area contributed by atoms with Crippen LogP contribution in [0.15, 0.2) is 36.5 Å². The van der Waals surface area contributed by atoms with Crippen LogP contribution in [0.4, 0.5) is 18.9 Å². The first-order valence-corrected chi connectivity index (χ1v) is 5.55. The summed E-state index contributed by atoms with van der Waals surface area (Å²) >= 11 is 0. The fourth-order valence-electron chi connectivity index (χ4n) is 1.65. The van der Waals surface area contributed by atoms with E-state index in [2.05, 4.69) is 9.72 Å². The first-order valence-electron chi connectivity index (χ1n) is 5.55. The number of methoxy groups -OCH3 is 1. The van der Waals surface area contributed by atoms with E-state index in [9.17, 15) is 13.2 Å². The summed E-state index contributed by atoms with van der Waals surface area (Å²) in [5, 5.41) is 0. The average Bonchev–Trinajstić information content (AvgIpc) is 2.37. The highest BCUT2D eigenvalue weighted by Gasteiger charge is 2.30. The molecule has 0 bridgehead atoms. The molecule has 0 aliphatic rings. The van der Waals surface area contributed by atoms with Crippen molar-refractivity contribution in [3.8, 4) is 22.8 Å². The molecule has 1 heterocycles. The van der Waals surface area contributed by atoms with Crippen LogP contribution in [-0.2, 0) is 0 Å². The van der Waals surface area contributed by atoms with Crippen LogP contribution in [0.2, 0.25) is 0 Å². The molecule has 1 aromatic heterocycles. The predicted octanol–water partition coefficient (Wildman–Crippen LogP) is 3.24. The number of pyridine rings is 1. The van der Waals surface area contributed by atoms with Gasteiger partial charge in [-0.3, -0.25) is 0 Å². The molecule has 0 saturated heterocycles. The Morgan fingerprint density at radius 3 is 2.25 bits per heavy atom. The SMILES string of the molecule is COc1ncc(-c2ccc(OC(F)(F)F)cc2)cc1N. The second kappa shape index (κ2) is 5.28. The molecule has 0 aliphatic heterocycles. The van der Waals surface area contributed by atoms with Gasteiger partial charge in [-0.1, -0.05) is 12.1 Å². The number of aromatic nitrogens is 1. The van der Waals surface area contributed by atoms with E-state index < -0.39 is 6.36 Å². The number of hydrogen-bond donors (Lipinski definition) is 1. The van der Waals surface area contributed by atoms with Crippen molar-refractivity contribution in [3.05, 3.63) is 36.5 Å². The smallest absolute Gasteiger partial charge is 0.480 e. The van der Waals surface area contributed by atoms with Gasteiger partial charge < -0.3 is 15.2 Å². The minimum Gasteiger partial charge on any atom is -0.480 e. The Kier molecular flexibility index (Phi) is 3.69. The summed E-state index contributed by atoms with van der Waals surface area (Å²) in [5.74, 6) is 0.0152. The summed E-state index contributed by atoms with van der Waals surface area (Å²) < 4.78 is 44.8. The van der Waals surface area contributed by atoms with E-state index in [1.54, 1.807) is 6.07 Å². The number of nitrogens with two attached hydrogens (primary N) is 1. The molecular weight excluding hydrogens is 273 g/mol. The summed E-state index contributed by atoms with van der Waals surface area (Å²) in [6, 6.07) is 7.06. The van der Waals surface area contributed by atoms with Gasteiger partial charge in [0.1, 0.15) is 5.75 Å². The number of nitrogen functional groups attached to an aromatic ring is 1. The zero-order valence-corrected chi connectivity index (χ0v) is 10.4. The molecule has 0 fully saturated rings. The number of benzene rings is 1. The summed E-state index contributed by atoms with van der Waals surface area (Å²) in [6.45, 7) is 0. The molecule has 2 aromatic rings. The van der Waals surface area contributed by atoms with Gasteiger partial charge in [0.25, 0.3) is 0 Å². The molecule has 7 heteroatoms. The predicted molar refractivity (Wildman–Crippen MR) is 67.3 cm³/mol. The van der Waals surface area contributed by atoms with Gasteiger partial charge in [0.2, 0.25) is 5.88 Å². The van der Waals surface area contributed by atoms with Crippen molar-refractivity contribution >= 4 is 5.69 Å². The number of nitrogens with zero attached hydrogens (tertiary/aromatic N) is 1. The lowest BCUT2D eigenvalue weighted by Crippen LogP contribution is -2.16. The van der Waals surface area contributed by atoms with Gasteiger partial charge in [-0.05, 0) is 23.8 Å². The van der Waals surface area contributed by atoms with Crippen molar-refractivity contribution in [2.75, 3.05) is 12.8 Å². The van der Waals surface area contributed by atoms with Gasteiger partial charge in [0, 0.05) is 11.8 Å². The lowest BCUT2D eigenvalue weighted by molar-refractivity contribution is -0.274. The molecule has 0 radical (unpaired) electrons. The topological polar surface area (TPSA) is 57.4 Å². The lowest BCUT2D eigenvalue weighted by atomic mass is 10.1. The molecule has 0 unspecified atom stereocenters. The Morgan fingerprint density at radius 1 is 1.10 bits per heavy atom. The van der Waals surface area contributed by atoms with E-state index in [1.807, 2.05) is 0 Å². The molecule has 1 aromatic carbocycles. The van der Waals surface area contributed by atoms with Gasteiger partial charge in [-0.2, -0.15) is 0 Å². The van der Waals surface area contributed by atoms with E-state index >= 15 is 0 Å². The van der Waals surface area contributed by atoms with Crippen molar-refractivity contribution in [3.63, 3.8) is 0 Å². The van der Waals surface area contributed by atoms with Crippen molar-refractivity contribution in [1.29, 1.82) is 0 Å². The maximum atomic E-state index is 12.0. The zero-order chi connectivity index (χ0) is 14.8. The third-order valence-electron chi connectivity index (χ3n) is 2.49. The van der Waals surface area contributed by atoms with Crippen molar-refractivity contribution in [2.45, 2.75) is 6.36 Å². The lowest BCUT2D eigenvalue weighted by Gasteiger charge is -2.10. The number of anilines is 1. The number of hydrogen-bond acceptors (Lipinski definition) is 4. The Labute approximate surface area is 113 Å². The summed E-state index contributed by atoms with van der Waals surface area (Å²) in [6.07, 6.45) is -3.18. The summed E-state index contributed by atoms with van der Waals surface area (Å²) in [4.78, 5) is 4.00. The molecule has 2 N–H and O–H groups in total. The molecule has 0 aliphatic carbocycles. The van der Waals surface area contributed by atoms with E-state index in [0.717, 1.165) is 0 Å². The van der Waals surface area contributed by atoms with Gasteiger partial charge in [-0.15, -0.1) is 13.2 Å². The van der Waals surface area contributed by atoms with E-state index in [0.29, 0.717) is 22.7 Å². The Balaban J connectivity index is 2.24. The summed E-state index contributed by atoms with van der Waals surface area (Å²) in [7, 11) is 1.45. The molecule has 0 spiro atoms. The number of ether oxygens (including phenoxy) is 2. The Bertz CT molecular complexity index is 598. The van der Waals surface area contributed by atoms with Crippen LogP contribution in [0, 0.1) is 0 Å². The second-order valence-corrected chi connectivity index (χ2v) is 3.89. The van der Waals surface area contributed by atoms with Gasteiger partial charge in [-0.25, -0.2) is 4.98 Å². The maximum absolute atomic E-state index is 12.0. The molecule has 2 rings (SSSR count). The van der Waals surface area contributed by atoms with E-state index in [-0.39, 0.29) is 5.75 Å². The normalized spacial score (nSPS) is 11.2. The quantitative estimate of drug-likeness (QED) is 0.940. The van der Waals surface area contributed by atoms with Crippen LogP contribution in [0.1, 0.15) is 0 Å². The number of halogens is 3. The second-order valence-electron chi connectivity index (χ2n) is 3.89. The fraction of sp³-hybridized carbons (Fsp3) is 0.154. The Morgan fingerprint density at radius 2 is 1.75 bits per heavy atom. The molecule has 4 nitrogen and oxygen atoms in total. The van der Waals surface area contributed by atoms with Crippen LogP contribution in [0.5, 0.6) is 11.6 Å². The van der Waals surface area contributed by atoms with Crippen LogP contribution in [0.25, 0.3) is 11.1 Å². The molecule has 0 saturated carbocycles. The third-order valence-corrected chi connectivity index (χ3v) is 2.49. The number of rotatable bonds is 3. The molecule has 0 atom stereocenters. The third kappa shape index (κ3) is 3.31. The van der Waals surface area contributed by atoms with E-state index in [1.165, 1.54) is 37.6 Å². The Hall–Kier alpha value is -2.44.